The van der Waals surface area contributed by atoms with Gasteiger partial charge in [0.05, 0.1) is 12.7 Å². The Bertz CT molecular complexity index is 635. The predicted molar refractivity (Wildman–Crippen MR) is 86.7 cm³/mol. The maximum Gasteiger partial charge on any atom is 0.128 e. The van der Waals surface area contributed by atoms with E-state index in [2.05, 4.69) is 9.88 Å². The van der Waals surface area contributed by atoms with Crippen LogP contribution in [0.1, 0.15) is 12.0 Å². The Morgan fingerprint density at radius 2 is 2.00 bits per heavy atom. The number of anilines is 1. The Morgan fingerprint density at radius 1 is 1.22 bits per heavy atom. The number of piperidine rings is 1. The fourth-order valence-electron chi connectivity index (χ4n) is 3.28. The highest BCUT2D eigenvalue weighted by molar-refractivity contribution is 5.39. The van der Waals surface area contributed by atoms with Gasteiger partial charge in [-0.2, -0.15) is 0 Å². The second-order valence-corrected chi connectivity index (χ2v) is 6.24. The molecule has 1 fully saturated rings. The topological polar surface area (TPSA) is 56.6 Å². The van der Waals surface area contributed by atoms with Gasteiger partial charge in [-0.1, -0.05) is 18.2 Å². The van der Waals surface area contributed by atoms with Crippen LogP contribution >= 0.6 is 0 Å². The molecule has 0 unspecified atom stereocenters. The van der Waals surface area contributed by atoms with Crippen molar-refractivity contribution in [2.75, 3.05) is 24.6 Å². The van der Waals surface area contributed by atoms with Crippen LogP contribution in [0.15, 0.2) is 48.7 Å². The Labute approximate surface area is 135 Å². The summed E-state index contributed by atoms with van der Waals surface area (Å²) in [5, 5.41) is 20.5. The molecule has 0 spiro atoms. The lowest BCUT2D eigenvalue weighted by Gasteiger charge is -2.46. The van der Waals surface area contributed by atoms with E-state index in [1.54, 1.807) is 18.3 Å². The molecule has 0 aliphatic carbocycles. The zero-order valence-electron chi connectivity index (χ0n) is 12.9. The van der Waals surface area contributed by atoms with Crippen LogP contribution in [0.2, 0.25) is 0 Å². The minimum Gasteiger partial charge on any atom is -0.396 e. The van der Waals surface area contributed by atoms with Crippen LogP contribution in [-0.4, -0.2) is 41.0 Å². The molecule has 2 N–H and O–H groups in total. The number of aliphatic hydroxyl groups excluding tert-OH is 2. The van der Waals surface area contributed by atoms with Crippen molar-refractivity contribution in [3.05, 3.63) is 60.0 Å². The van der Waals surface area contributed by atoms with Crippen molar-refractivity contribution in [2.45, 2.75) is 18.9 Å². The zero-order chi connectivity index (χ0) is 16.3. The maximum atomic E-state index is 13.1. The highest BCUT2D eigenvalue weighted by atomic mass is 19.1. The number of aliphatic hydroxyl groups is 2. The molecule has 1 aliphatic rings. The number of pyridine rings is 1. The van der Waals surface area contributed by atoms with Gasteiger partial charge in [0, 0.05) is 24.7 Å². The van der Waals surface area contributed by atoms with E-state index in [1.807, 2.05) is 18.2 Å². The van der Waals surface area contributed by atoms with Crippen molar-refractivity contribution in [3.8, 4) is 0 Å². The van der Waals surface area contributed by atoms with Gasteiger partial charge in [0.1, 0.15) is 11.6 Å². The second kappa shape index (κ2) is 6.64. The highest BCUT2D eigenvalue weighted by Crippen LogP contribution is 2.35. The normalized spacial score (nSPS) is 24.7. The monoisotopic (exact) mass is 316 g/mol. The van der Waals surface area contributed by atoms with Gasteiger partial charge in [-0.05, 0) is 42.7 Å². The summed E-state index contributed by atoms with van der Waals surface area (Å²) in [6.07, 6.45) is 2.20. The van der Waals surface area contributed by atoms with Gasteiger partial charge in [-0.25, -0.2) is 9.37 Å². The summed E-state index contributed by atoms with van der Waals surface area (Å²) in [6.45, 7) is 1.08. The third kappa shape index (κ3) is 3.35. The average Bonchev–Trinajstić information content (AvgIpc) is 2.60. The van der Waals surface area contributed by atoms with Crippen molar-refractivity contribution in [3.63, 3.8) is 0 Å². The Hall–Kier alpha value is -1.98. The molecule has 0 amide bonds. The Kier molecular flexibility index (Phi) is 4.59. The van der Waals surface area contributed by atoms with Crippen LogP contribution < -0.4 is 4.90 Å². The van der Waals surface area contributed by atoms with Crippen LogP contribution in [0.5, 0.6) is 0 Å². The molecular formula is C18H21FN2O2. The molecule has 0 bridgehead atoms. The summed E-state index contributed by atoms with van der Waals surface area (Å²) < 4.78 is 13.1. The molecular weight excluding hydrogens is 295 g/mol. The molecule has 1 aromatic heterocycles. The van der Waals surface area contributed by atoms with Crippen molar-refractivity contribution in [2.24, 2.45) is 5.41 Å². The van der Waals surface area contributed by atoms with E-state index in [0.29, 0.717) is 25.9 Å². The van der Waals surface area contributed by atoms with Gasteiger partial charge in [-0.3, -0.25) is 0 Å². The molecule has 2 atom stereocenters. The molecule has 2 heterocycles. The Balaban J connectivity index is 1.84. The summed E-state index contributed by atoms with van der Waals surface area (Å²) in [4.78, 5) is 6.45. The number of benzene rings is 1. The lowest BCUT2D eigenvalue weighted by molar-refractivity contribution is -0.0292. The fraction of sp³-hybridized carbons (Fsp3) is 0.389. The summed E-state index contributed by atoms with van der Waals surface area (Å²) in [5.41, 5.74) is 0.232. The first-order valence-electron chi connectivity index (χ1n) is 7.82. The number of aromatic nitrogens is 1. The number of rotatable bonds is 4. The van der Waals surface area contributed by atoms with Crippen molar-refractivity contribution >= 4 is 5.82 Å². The van der Waals surface area contributed by atoms with Crippen LogP contribution in [0.25, 0.3) is 0 Å². The summed E-state index contributed by atoms with van der Waals surface area (Å²) >= 11 is 0. The molecule has 4 nitrogen and oxygen atoms in total. The average molecular weight is 316 g/mol. The number of halogens is 1. The van der Waals surface area contributed by atoms with Gasteiger partial charge >= 0.3 is 0 Å². The minimum absolute atomic E-state index is 0.130. The van der Waals surface area contributed by atoms with E-state index in [-0.39, 0.29) is 12.4 Å². The van der Waals surface area contributed by atoms with Crippen LogP contribution in [0, 0.1) is 11.2 Å². The third-order valence-electron chi connectivity index (χ3n) is 4.64. The summed E-state index contributed by atoms with van der Waals surface area (Å²) in [5.74, 6) is 0.558. The van der Waals surface area contributed by atoms with E-state index in [0.717, 1.165) is 11.4 Å². The third-order valence-corrected chi connectivity index (χ3v) is 4.64. The molecule has 1 aromatic carbocycles. The van der Waals surface area contributed by atoms with Gasteiger partial charge in [0.2, 0.25) is 0 Å². The predicted octanol–water partition coefficient (Wildman–Crippen LogP) is 2.01. The minimum atomic E-state index is -0.673. The molecule has 1 aliphatic heterocycles. The van der Waals surface area contributed by atoms with Crippen molar-refractivity contribution < 1.29 is 14.6 Å². The maximum absolute atomic E-state index is 13.1. The standard InChI is InChI=1S/C18H21FN2O2/c19-15-6-4-14(5-7-15)11-18(13-22)12-21(10-8-16(18)23)17-3-1-2-9-20-17/h1-7,9,16,22-23H,8,10-13H2/t16-,18-/m0/s1. The van der Waals surface area contributed by atoms with E-state index in [4.69, 9.17) is 0 Å². The van der Waals surface area contributed by atoms with E-state index in [9.17, 15) is 14.6 Å². The number of nitrogens with zero attached hydrogens (tertiary/aromatic N) is 2. The van der Waals surface area contributed by atoms with Crippen molar-refractivity contribution in [1.82, 2.24) is 4.98 Å². The van der Waals surface area contributed by atoms with Gasteiger partial charge < -0.3 is 15.1 Å². The van der Waals surface area contributed by atoms with Crippen LogP contribution in [0.3, 0.4) is 0 Å². The largest absolute Gasteiger partial charge is 0.396 e. The highest BCUT2D eigenvalue weighted by Gasteiger charge is 2.42. The smallest absolute Gasteiger partial charge is 0.128 e. The lowest BCUT2D eigenvalue weighted by atomic mass is 9.73. The first-order valence-corrected chi connectivity index (χ1v) is 7.82. The quantitative estimate of drug-likeness (QED) is 0.906. The van der Waals surface area contributed by atoms with Gasteiger partial charge in [-0.15, -0.1) is 0 Å². The molecule has 23 heavy (non-hydrogen) atoms. The van der Waals surface area contributed by atoms with E-state index in [1.165, 1.54) is 12.1 Å². The first kappa shape index (κ1) is 15.9. The van der Waals surface area contributed by atoms with E-state index < -0.39 is 11.5 Å². The molecule has 2 aromatic rings. The second-order valence-electron chi connectivity index (χ2n) is 6.24. The van der Waals surface area contributed by atoms with Crippen molar-refractivity contribution in [1.29, 1.82) is 0 Å². The molecule has 1 saturated heterocycles. The zero-order valence-corrected chi connectivity index (χ0v) is 12.9. The molecule has 0 radical (unpaired) electrons. The summed E-state index contributed by atoms with van der Waals surface area (Å²) in [6, 6.07) is 11.9. The summed E-state index contributed by atoms with van der Waals surface area (Å²) in [7, 11) is 0. The van der Waals surface area contributed by atoms with Crippen LogP contribution in [-0.2, 0) is 6.42 Å². The van der Waals surface area contributed by atoms with Crippen LogP contribution in [0.4, 0.5) is 10.2 Å². The first-order chi connectivity index (χ1) is 11.1. The molecule has 0 saturated carbocycles. The lowest BCUT2D eigenvalue weighted by Crippen LogP contribution is -2.55. The number of hydrogen-bond acceptors (Lipinski definition) is 4. The van der Waals surface area contributed by atoms with Gasteiger partial charge in [0.25, 0.3) is 0 Å². The van der Waals surface area contributed by atoms with Gasteiger partial charge in [0.15, 0.2) is 0 Å². The SMILES string of the molecule is OC[C@]1(Cc2ccc(F)cc2)CN(c2ccccn2)CC[C@@H]1O. The number of hydrogen-bond donors (Lipinski definition) is 2. The van der Waals surface area contributed by atoms with E-state index >= 15 is 0 Å². The Morgan fingerprint density at radius 3 is 2.65 bits per heavy atom. The molecule has 3 rings (SSSR count). The molecule has 5 heteroatoms. The molecule has 122 valence electrons. The fourth-order valence-corrected chi connectivity index (χ4v) is 3.28.